The molecule has 6 aromatic carbocycles. The molecule has 6 aromatic rings. The van der Waals surface area contributed by atoms with Crippen molar-refractivity contribution in [3.05, 3.63) is 97.1 Å². The summed E-state index contributed by atoms with van der Waals surface area (Å²) in [5.41, 5.74) is 0.518. The zero-order valence-corrected chi connectivity index (χ0v) is 34.2. The fraction of sp³-hybridized carbons (Fsp3) is 0.105. The first-order valence-corrected chi connectivity index (χ1v) is 20.3. The number of anilines is 2. The van der Waals surface area contributed by atoms with E-state index in [4.69, 9.17) is 0 Å². The van der Waals surface area contributed by atoms with Crippen LogP contribution in [0.1, 0.15) is 1.43 Å². The Morgan fingerprint density at radius 2 is 0.898 bits per heavy atom. The number of hydrogen-bond donors (Lipinski definition) is 6. The zero-order chi connectivity index (χ0) is 42.4. The van der Waals surface area contributed by atoms with Gasteiger partial charge in [0.25, 0.3) is 0 Å². The quantitative estimate of drug-likeness (QED) is 0.0784. The van der Waals surface area contributed by atoms with Crippen LogP contribution in [0.25, 0.3) is 21.5 Å². The second-order valence-corrected chi connectivity index (χ2v) is 16.2. The molecule has 6 rings (SSSR count). The molecular weight excluding hydrogens is 849 g/mol. The number of azo groups is 2. The number of nitrogens with zero attached hydrogens (tertiary/aromatic N) is 4. The van der Waals surface area contributed by atoms with E-state index in [9.17, 15) is 46.9 Å². The van der Waals surface area contributed by atoms with Crippen molar-refractivity contribution in [2.24, 2.45) is 20.5 Å². The predicted molar refractivity (Wildman–Crippen MR) is 215 cm³/mol. The molecule has 306 valence electrons. The fourth-order valence-corrected chi connectivity index (χ4v) is 6.55. The number of carbonyl (C=O) groups excluding carboxylic acids is 2. The normalized spacial score (nSPS) is 11.5. The van der Waals surface area contributed by atoms with Crippen LogP contribution in [0.2, 0.25) is 0 Å². The number of fused-ring (bicyclic) bond motifs is 2. The third kappa shape index (κ3) is 10.8. The Morgan fingerprint density at radius 1 is 0.542 bits per heavy atom. The van der Waals surface area contributed by atoms with E-state index in [1.54, 1.807) is 48.5 Å². The summed E-state index contributed by atoms with van der Waals surface area (Å²) in [5, 5.41) is 63.6. The Labute approximate surface area is 348 Å². The molecule has 2 amide bonds. The Bertz CT molecular complexity index is 2690. The van der Waals surface area contributed by atoms with Crippen LogP contribution in [0.4, 0.5) is 43.7 Å². The van der Waals surface area contributed by atoms with E-state index in [1.165, 1.54) is 62.8 Å². The Kier molecular flexibility index (Phi) is 14.2. The van der Waals surface area contributed by atoms with Crippen LogP contribution >= 0.6 is 0 Å². The molecule has 18 nitrogen and oxygen atoms in total. The van der Waals surface area contributed by atoms with Gasteiger partial charge >= 0.3 is 13.6 Å². The molecule has 0 heterocycles. The van der Waals surface area contributed by atoms with Crippen molar-refractivity contribution in [1.82, 2.24) is 0 Å². The first-order chi connectivity index (χ1) is 27.4. The van der Waals surface area contributed by atoms with Gasteiger partial charge in [0, 0.05) is 40.6 Å². The van der Waals surface area contributed by atoms with Gasteiger partial charge in [0.2, 0.25) is 0 Å². The van der Waals surface area contributed by atoms with Gasteiger partial charge < -0.3 is 29.9 Å². The number of sulfone groups is 2. The molecule has 0 aliphatic heterocycles. The average molecular weight is 884 g/mol. The van der Waals surface area contributed by atoms with E-state index in [2.05, 4.69) is 40.6 Å². The SMILES string of the molecule is COC(=O)Nc1cccc2ccc(O)c(N=Nc3cc(S(C)(=O)=O)ccc3O)c12.COC(=O)Nc1cccc2ccc(O)c(N=Nc3cc(S(C)(=O)=O)ccc3O)c12.[Cr].[H+]. The average Bonchev–Trinajstić information content (AvgIpc) is 3.17. The van der Waals surface area contributed by atoms with E-state index in [0.717, 1.165) is 12.5 Å². The molecule has 0 aromatic heterocycles. The minimum Gasteiger partial charge on any atom is -0.506 e. The monoisotopic (exact) mass is 883 g/mol. The molecule has 0 saturated heterocycles. The third-order valence-corrected chi connectivity index (χ3v) is 10.3. The molecule has 0 radical (unpaired) electrons. The van der Waals surface area contributed by atoms with Gasteiger partial charge in [0.05, 0.1) is 35.4 Å². The maximum Gasteiger partial charge on any atom is 1.00 e. The number of methoxy groups -OCH3 is 2. The topological polar surface area (TPSA) is 275 Å². The fourth-order valence-electron chi connectivity index (χ4n) is 5.27. The van der Waals surface area contributed by atoms with Gasteiger partial charge in [-0.05, 0) is 71.4 Å². The number of ether oxygens (including phenoxy) is 2. The first kappa shape index (κ1) is 44.9. The number of amides is 2. The van der Waals surface area contributed by atoms with Gasteiger partial charge in [0.1, 0.15) is 45.7 Å². The number of rotatable bonds is 8. The Hall–Kier alpha value is -6.79. The third-order valence-electron chi connectivity index (χ3n) is 8.10. The molecule has 0 bridgehead atoms. The van der Waals surface area contributed by atoms with Gasteiger partial charge in [-0.2, -0.15) is 0 Å². The molecule has 21 heteroatoms. The Morgan fingerprint density at radius 3 is 1.24 bits per heavy atom. The number of hydrogen-bond acceptors (Lipinski definition) is 16. The van der Waals surface area contributed by atoms with Crippen LogP contribution in [0.3, 0.4) is 0 Å². The molecule has 59 heavy (non-hydrogen) atoms. The minimum absolute atomic E-state index is 0. The minimum atomic E-state index is -3.51. The van der Waals surface area contributed by atoms with E-state index in [-0.39, 0.29) is 74.3 Å². The molecule has 0 unspecified atom stereocenters. The molecule has 0 saturated carbocycles. The van der Waals surface area contributed by atoms with Crippen molar-refractivity contribution in [1.29, 1.82) is 0 Å². The second-order valence-electron chi connectivity index (χ2n) is 12.2. The molecule has 0 spiro atoms. The Balaban J connectivity index is 0.000000310. The maximum absolute atomic E-state index is 11.7. The summed E-state index contributed by atoms with van der Waals surface area (Å²) in [6.45, 7) is 0. The number of phenols is 4. The zero-order valence-electron chi connectivity index (χ0n) is 32.3. The largest absolute Gasteiger partial charge is 1.00 e. The number of aromatic hydroxyl groups is 4. The first-order valence-electron chi connectivity index (χ1n) is 16.5. The smallest absolute Gasteiger partial charge is 0.506 e. The van der Waals surface area contributed by atoms with Gasteiger partial charge in [-0.25, -0.2) is 26.4 Å². The molecular formula is C38H35CrN6O12S2+. The van der Waals surface area contributed by atoms with Crippen LogP contribution in [-0.2, 0) is 46.5 Å². The van der Waals surface area contributed by atoms with Crippen molar-refractivity contribution in [2.75, 3.05) is 37.4 Å². The van der Waals surface area contributed by atoms with Crippen LogP contribution in [0.15, 0.2) is 127 Å². The molecule has 0 fully saturated rings. The van der Waals surface area contributed by atoms with Crippen molar-refractivity contribution in [3.63, 3.8) is 0 Å². The second kappa shape index (κ2) is 18.6. The molecule has 0 aliphatic rings. The van der Waals surface area contributed by atoms with E-state index in [0.29, 0.717) is 32.9 Å². The van der Waals surface area contributed by atoms with Crippen LogP contribution in [-0.4, -0.2) is 76.2 Å². The predicted octanol–water partition coefficient (Wildman–Crippen LogP) is 8.61. The summed E-state index contributed by atoms with van der Waals surface area (Å²) in [7, 11) is -4.59. The van der Waals surface area contributed by atoms with Crippen LogP contribution in [0.5, 0.6) is 23.0 Å². The maximum atomic E-state index is 11.7. The summed E-state index contributed by atoms with van der Waals surface area (Å²) in [4.78, 5) is 23.2. The molecule has 6 N–H and O–H groups in total. The summed E-state index contributed by atoms with van der Waals surface area (Å²) >= 11 is 0. The van der Waals surface area contributed by atoms with Gasteiger partial charge in [0.15, 0.2) is 19.7 Å². The van der Waals surface area contributed by atoms with E-state index in [1.807, 2.05) is 0 Å². The van der Waals surface area contributed by atoms with Gasteiger partial charge in [-0.3, -0.25) is 10.6 Å². The number of benzene rings is 6. The van der Waals surface area contributed by atoms with Gasteiger partial charge in [-0.1, -0.05) is 36.4 Å². The molecule has 0 aliphatic carbocycles. The summed E-state index contributed by atoms with van der Waals surface area (Å²) < 4.78 is 56.1. The molecule has 0 atom stereocenters. The number of phenolic OH excluding ortho intramolecular Hbond substituents is 4. The van der Waals surface area contributed by atoms with Crippen molar-refractivity contribution >= 4 is 87.5 Å². The van der Waals surface area contributed by atoms with Crippen molar-refractivity contribution in [3.8, 4) is 23.0 Å². The summed E-state index contributed by atoms with van der Waals surface area (Å²) in [5.74, 6) is -1.01. The van der Waals surface area contributed by atoms with Crippen molar-refractivity contribution < 1.29 is 75.1 Å². The number of carbonyl (C=O) groups is 2. The van der Waals surface area contributed by atoms with E-state index < -0.39 is 31.9 Å². The van der Waals surface area contributed by atoms with Crippen LogP contribution in [0, 0.1) is 0 Å². The summed E-state index contributed by atoms with van der Waals surface area (Å²) in [6, 6.07) is 23.4. The summed E-state index contributed by atoms with van der Waals surface area (Å²) in [6.07, 6.45) is 0.646. The van der Waals surface area contributed by atoms with E-state index >= 15 is 0 Å². The van der Waals surface area contributed by atoms with Crippen molar-refractivity contribution in [2.45, 2.75) is 9.79 Å². The van der Waals surface area contributed by atoms with Crippen LogP contribution < -0.4 is 10.6 Å². The standard InChI is InChI=1S/2C19H17N3O6S.Cr/c2*1-28-19(25)20-13-5-3-4-11-6-8-16(24)18(17(11)13)22-21-14-10-12(29(2,26)27)7-9-15(14)23;/h2*3-10,23-24H,1-2H3,(H,20,25);/p+1. The van der Waals surface area contributed by atoms with Gasteiger partial charge in [-0.15, -0.1) is 20.5 Å². The number of nitrogens with one attached hydrogen (secondary N) is 2.